The molecule has 2 heteroatoms. The van der Waals surface area contributed by atoms with Gasteiger partial charge in [-0.2, -0.15) is 0 Å². The first-order chi connectivity index (χ1) is 28.8. The zero-order chi connectivity index (χ0) is 39.9. The van der Waals surface area contributed by atoms with Crippen LogP contribution in [0.5, 0.6) is 0 Å². The van der Waals surface area contributed by atoms with Crippen LogP contribution in [0.2, 0.25) is 0 Å². The third kappa shape index (κ3) is 5.55. The summed E-state index contributed by atoms with van der Waals surface area (Å²) in [6, 6.07) is 65.7. The molecule has 0 aromatic heterocycles. The average Bonchev–Trinajstić information content (AvgIpc) is 3.26. The minimum absolute atomic E-state index is 1.18. The maximum Gasteiger partial charge on any atom is 0.0547 e. The highest BCUT2D eigenvalue weighted by Gasteiger charge is 2.30. The molecule has 0 N–H and O–H groups in total. The van der Waals surface area contributed by atoms with E-state index in [1.54, 1.807) is 0 Å². The van der Waals surface area contributed by atoms with E-state index in [0.717, 1.165) is 0 Å². The summed E-state index contributed by atoms with van der Waals surface area (Å²) >= 11 is 0. The Morgan fingerprint density at radius 1 is 0.339 bits per heavy atom. The van der Waals surface area contributed by atoms with Crippen molar-refractivity contribution in [2.75, 3.05) is 9.80 Å². The average molecular weight is 757 g/mol. The first-order valence-electron chi connectivity index (χ1n) is 20.7. The van der Waals surface area contributed by atoms with Crippen molar-refractivity contribution < 1.29 is 0 Å². The van der Waals surface area contributed by atoms with Gasteiger partial charge in [-0.25, -0.2) is 0 Å². The van der Waals surface area contributed by atoms with Gasteiger partial charge in [-0.05, 0) is 149 Å². The second-order valence-corrected chi connectivity index (χ2v) is 16.5. The molecule has 11 rings (SSSR count). The van der Waals surface area contributed by atoms with Crippen molar-refractivity contribution in [1.29, 1.82) is 0 Å². The number of nitrogens with zero attached hydrogens (tertiary/aromatic N) is 2. The number of fused-ring (bicyclic) bond motifs is 2. The molecule has 282 valence electrons. The summed E-state index contributed by atoms with van der Waals surface area (Å²) in [4.78, 5) is 5.05. The Labute approximate surface area is 346 Å². The lowest BCUT2D eigenvalue weighted by Gasteiger charge is -2.36. The molecule has 0 atom stereocenters. The van der Waals surface area contributed by atoms with Crippen LogP contribution in [0.3, 0.4) is 0 Å². The van der Waals surface area contributed by atoms with Crippen LogP contribution in [-0.4, -0.2) is 0 Å². The predicted octanol–water partition coefficient (Wildman–Crippen LogP) is 16.4. The van der Waals surface area contributed by atoms with E-state index < -0.39 is 0 Å². The molecule has 0 amide bonds. The van der Waals surface area contributed by atoms with Gasteiger partial charge in [0.2, 0.25) is 0 Å². The Morgan fingerprint density at radius 3 is 1.69 bits per heavy atom. The summed E-state index contributed by atoms with van der Waals surface area (Å²) in [5, 5.41) is 7.68. The van der Waals surface area contributed by atoms with E-state index in [1.807, 2.05) is 0 Å². The monoisotopic (exact) mass is 756 g/mol. The number of rotatable bonds is 6. The van der Waals surface area contributed by atoms with Crippen LogP contribution >= 0.6 is 0 Å². The quantitative estimate of drug-likeness (QED) is 0.156. The highest BCUT2D eigenvalue weighted by atomic mass is 15.2. The number of hydrogen-bond acceptors (Lipinski definition) is 2. The van der Waals surface area contributed by atoms with Crippen LogP contribution < -0.4 is 9.80 Å². The van der Waals surface area contributed by atoms with Crippen LogP contribution in [0.4, 0.5) is 34.1 Å². The van der Waals surface area contributed by atoms with Gasteiger partial charge in [0, 0.05) is 38.8 Å². The smallest absolute Gasteiger partial charge is 0.0547 e. The van der Waals surface area contributed by atoms with Gasteiger partial charge in [0.1, 0.15) is 0 Å². The van der Waals surface area contributed by atoms with Crippen molar-refractivity contribution in [3.63, 3.8) is 0 Å². The van der Waals surface area contributed by atoms with Crippen LogP contribution in [-0.2, 0) is 0 Å². The zero-order valence-corrected chi connectivity index (χ0v) is 34.1. The molecule has 10 aromatic carbocycles. The standard InChI is InChI=1S/C57H44N2/c1-35-16-18-37(3)51(30-35)58(52-33-43(21-19-38(52)4)40-12-8-6-9-13-40)49-28-25-45-32-48-46-26-17-36(2)31-54(46)59(50-29-24-42-23-27-47(49)55(45)56(42)57(48)50)53-34-44(22-20-39(53)5)41-14-10-7-11-15-41/h6-34H,1-5H3. The largest absolute Gasteiger partial charge is 0.309 e. The van der Waals surface area contributed by atoms with Crippen LogP contribution in [0.15, 0.2) is 176 Å². The molecule has 0 saturated heterocycles. The summed E-state index contributed by atoms with van der Waals surface area (Å²) in [7, 11) is 0. The molecular formula is C57H44N2. The highest BCUT2D eigenvalue weighted by molar-refractivity contribution is 6.32. The molecule has 0 radical (unpaired) electrons. The number of hydrogen-bond donors (Lipinski definition) is 0. The van der Waals surface area contributed by atoms with Crippen molar-refractivity contribution in [3.05, 3.63) is 204 Å². The van der Waals surface area contributed by atoms with Crippen molar-refractivity contribution in [2.24, 2.45) is 0 Å². The number of aryl methyl sites for hydroxylation is 5. The summed E-state index contributed by atoms with van der Waals surface area (Å²) in [6.45, 7) is 11.1. The van der Waals surface area contributed by atoms with Crippen molar-refractivity contribution in [1.82, 2.24) is 0 Å². The Bertz CT molecular complexity index is 3270. The van der Waals surface area contributed by atoms with Crippen LogP contribution in [0.25, 0.3) is 65.7 Å². The second-order valence-electron chi connectivity index (χ2n) is 16.5. The molecule has 0 saturated carbocycles. The van der Waals surface area contributed by atoms with Crippen LogP contribution in [0.1, 0.15) is 27.8 Å². The molecule has 1 heterocycles. The molecule has 0 spiro atoms. The first-order valence-corrected chi connectivity index (χ1v) is 20.7. The first kappa shape index (κ1) is 35.0. The van der Waals surface area contributed by atoms with Gasteiger partial charge in [0.15, 0.2) is 0 Å². The number of benzene rings is 10. The topological polar surface area (TPSA) is 6.48 Å². The lowest BCUT2D eigenvalue weighted by atomic mass is 9.84. The molecule has 0 aliphatic carbocycles. The van der Waals surface area contributed by atoms with E-state index >= 15 is 0 Å². The SMILES string of the molecule is Cc1ccc(C)c(N(c2cc(-c3ccccc3)ccc2C)c2ccc3cc4c5c(ccc6ccc2c3c65)N(c2cc(-c3ccccc3)ccc2C)c2cc(C)ccc2-4)c1. The zero-order valence-electron chi connectivity index (χ0n) is 34.1. The van der Waals surface area contributed by atoms with E-state index in [0.29, 0.717) is 0 Å². The van der Waals surface area contributed by atoms with E-state index in [-0.39, 0.29) is 0 Å². The Kier molecular flexibility index (Phi) is 8.00. The van der Waals surface area contributed by atoms with E-state index in [9.17, 15) is 0 Å². The van der Waals surface area contributed by atoms with E-state index in [4.69, 9.17) is 0 Å². The van der Waals surface area contributed by atoms with Crippen molar-refractivity contribution in [3.8, 4) is 33.4 Å². The second kappa shape index (κ2) is 13.5. The molecule has 0 fully saturated rings. The normalized spacial score (nSPS) is 12.1. The fourth-order valence-corrected chi connectivity index (χ4v) is 9.59. The fraction of sp³-hybridized carbons (Fsp3) is 0.0877. The van der Waals surface area contributed by atoms with Crippen molar-refractivity contribution in [2.45, 2.75) is 34.6 Å². The highest BCUT2D eigenvalue weighted by Crippen LogP contribution is 2.56. The van der Waals surface area contributed by atoms with Gasteiger partial charge in [-0.15, -0.1) is 0 Å². The van der Waals surface area contributed by atoms with E-state index in [1.165, 1.54) is 128 Å². The van der Waals surface area contributed by atoms with Crippen molar-refractivity contribution >= 4 is 66.4 Å². The molecule has 1 aliphatic heterocycles. The molecule has 10 aromatic rings. The minimum atomic E-state index is 1.18. The van der Waals surface area contributed by atoms with E-state index in [2.05, 4.69) is 220 Å². The minimum Gasteiger partial charge on any atom is -0.309 e. The summed E-state index contributed by atoms with van der Waals surface area (Å²) in [5.41, 5.74) is 20.8. The van der Waals surface area contributed by atoms with Crippen LogP contribution in [0, 0.1) is 34.6 Å². The Balaban J connectivity index is 1.20. The van der Waals surface area contributed by atoms with Gasteiger partial charge in [0.05, 0.1) is 17.1 Å². The van der Waals surface area contributed by atoms with Gasteiger partial charge < -0.3 is 9.80 Å². The lowest BCUT2D eigenvalue weighted by molar-refractivity contribution is 1.22. The molecule has 2 nitrogen and oxygen atoms in total. The van der Waals surface area contributed by atoms with Gasteiger partial charge in [-0.1, -0.05) is 133 Å². The van der Waals surface area contributed by atoms with Gasteiger partial charge >= 0.3 is 0 Å². The van der Waals surface area contributed by atoms with Gasteiger partial charge in [-0.3, -0.25) is 0 Å². The summed E-state index contributed by atoms with van der Waals surface area (Å²) in [5.74, 6) is 0. The summed E-state index contributed by atoms with van der Waals surface area (Å²) < 4.78 is 0. The maximum absolute atomic E-state index is 2.53. The van der Waals surface area contributed by atoms with Gasteiger partial charge in [0.25, 0.3) is 0 Å². The predicted molar refractivity (Wildman–Crippen MR) is 253 cm³/mol. The fourth-order valence-electron chi connectivity index (χ4n) is 9.59. The molecule has 59 heavy (non-hydrogen) atoms. The molecule has 0 unspecified atom stereocenters. The summed E-state index contributed by atoms with van der Waals surface area (Å²) in [6.07, 6.45) is 0. The Morgan fingerprint density at radius 2 is 0.949 bits per heavy atom. The number of anilines is 6. The lowest BCUT2D eigenvalue weighted by Crippen LogP contribution is -2.17. The third-order valence-electron chi connectivity index (χ3n) is 12.6. The molecule has 1 aliphatic rings. The molecular weight excluding hydrogens is 713 g/mol. The molecule has 0 bridgehead atoms. The third-order valence-corrected chi connectivity index (χ3v) is 12.6. The maximum atomic E-state index is 2.53. The Hall–Kier alpha value is -7.16.